The number of aliphatic carboxylic acids is 1. The van der Waals surface area contributed by atoms with Gasteiger partial charge in [-0.25, -0.2) is 19.6 Å². The van der Waals surface area contributed by atoms with E-state index in [-0.39, 0.29) is 49.0 Å². The van der Waals surface area contributed by atoms with E-state index in [4.69, 9.17) is 20.2 Å². The monoisotopic (exact) mass is 708 g/mol. The Morgan fingerprint density at radius 3 is 2.60 bits per heavy atom. The molecule has 266 valence electrons. The van der Waals surface area contributed by atoms with Gasteiger partial charge in [0.1, 0.15) is 12.6 Å². The number of fused-ring (bicyclic) bond motifs is 5. The molecule has 0 saturated heterocycles. The van der Waals surface area contributed by atoms with Gasteiger partial charge in [0.15, 0.2) is 0 Å². The zero-order chi connectivity index (χ0) is 35.2. The van der Waals surface area contributed by atoms with Gasteiger partial charge < -0.3 is 35.1 Å². The molecule has 15 heteroatoms. The molecule has 1 amide bonds. The average Bonchev–Trinajstić information content (AvgIpc) is 3.45. The van der Waals surface area contributed by atoms with Crippen molar-refractivity contribution < 1.29 is 33.8 Å². The number of carboxylic acids is 1. The number of hydrogen-bond acceptors (Lipinski definition) is 11. The molecule has 0 unspecified atom stereocenters. The number of unbranched alkanes of at least 4 members (excludes halogenated alkanes) is 2. The molecule has 3 atom stereocenters. The number of esters is 2. The molecule has 3 aliphatic rings. The van der Waals surface area contributed by atoms with Gasteiger partial charge in [-0.1, -0.05) is 46.6 Å². The van der Waals surface area contributed by atoms with Gasteiger partial charge in [-0.3, -0.25) is 14.4 Å². The summed E-state index contributed by atoms with van der Waals surface area (Å²) in [5.74, 6) is -4.48. The summed E-state index contributed by atoms with van der Waals surface area (Å²) in [5, 5.41) is 12.9. The highest BCUT2D eigenvalue weighted by atomic mass is 35.5. The molecule has 4 N–H and O–H groups in total. The highest BCUT2D eigenvalue weighted by Crippen LogP contribution is 2.47. The summed E-state index contributed by atoms with van der Waals surface area (Å²) in [5.41, 5.74) is 8.01. The molecular formula is C35H41ClN6O8. The Morgan fingerprint density at radius 1 is 1.16 bits per heavy atom. The summed E-state index contributed by atoms with van der Waals surface area (Å²) < 4.78 is 12.8. The van der Waals surface area contributed by atoms with Crippen LogP contribution in [0.3, 0.4) is 0 Å². The number of hydrogen-bond donors (Lipinski definition) is 3. The average molecular weight is 709 g/mol. The van der Waals surface area contributed by atoms with Crippen molar-refractivity contribution in [2.45, 2.75) is 90.6 Å². The summed E-state index contributed by atoms with van der Waals surface area (Å²) in [4.78, 5) is 77.3. The number of halogens is 1. The molecule has 5 heterocycles. The Hall–Kier alpha value is -4.82. The van der Waals surface area contributed by atoms with Gasteiger partial charge >= 0.3 is 17.9 Å². The van der Waals surface area contributed by atoms with E-state index in [0.717, 1.165) is 48.1 Å². The minimum Gasteiger partial charge on any atom is -0.480 e. The zero-order valence-electron chi connectivity index (χ0n) is 28.4. The first-order valence-corrected chi connectivity index (χ1v) is 16.6. The van der Waals surface area contributed by atoms with Crippen LogP contribution in [0.1, 0.15) is 76.5 Å². The maximum Gasteiger partial charge on any atom is 0.355 e. The van der Waals surface area contributed by atoms with Gasteiger partial charge in [-0.2, -0.15) is 0 Å². The smallest absolute Gasteiger partial charge is 0.355 e. The van der Waals surface area contributed by atoms with Crippen LogP contribution in [0.4, 0.5) is 11.4 Å². The Kier molecular flexibility index (Phi) is 10.4. The van der Waals surface area contributed by atoms with Crippen molar-refractivity contribution in [2.24, 2.45) is 16.6 Å². The van der Waals surface area contributed by atoms with Crippen LogP contribution >= 0.6 is 12.4 Å². The first kappa shape index (κ1) is 36.5. The number of anilines is 1. The van der Waals surface area contributed by atoms with E-state index in [1.807, 2.05) is 24.5 Å². The highest BCUT2D eigenvalue weighted by molar-refractivity contribution is 6.11. The Bertz CT molecular complexity index is 1980. The molecule has 14 nitrogen and oxygen atoms in total. The van der Waals surface area contributed by atoms with Crippen molar-refractivity contribution in [3.8, 4) is 11.4 Å². The van der Waals surface area contributed by atoms with Crippen molar-refractivity contribution in [3.63, 3.8) is 0 Å². The topological polar surface area (TPSA) is 196 Å². The fourth-order valence-corrected chi connectivity index (χ4v) is 6.73. The molecule has 0 spiro atoms. The molecule has 0 radical (unpaired) electrons. The van der Waals surface area contributed by atoms with E-state index in [1.165, 1.54) is 0 Å². The second kappa shape index (κ2) is 14.2. The fraction of sp³-hybridized carbons (Fsp3) is 0.457. The molecule has 50 heavy (non-hydrogen) atoms. The number of nitrogens with zero attached hydrogens (tertiary/aromatic N) is 4. The van der Waals surface area contributed by atoms with Gasteiger partial charge in [0.05, 0.1) is 64.6 Å². The number of pyridine rings is 2. The summed E-state index contributed by atoms with van der Waals surface area (Å²) in [7, 11) is 0. The molecule has 0 saturated carbocycles. The van der Waals surface area contributed by atoms with Crippen LogP contribution in [0.15, 0.2) is 34.1 Å². The molecule has 0 fully saturated rings. The number of aliphatic imine (C=N–C) groups is 1. The van der Waals surface area contributed by atoms with Crippen molar-refractivity contribution in [3.05, 3.63) is 51.3 Å². The summed E-state index contributed by atoms with van der Waals surface area (Å²) in [6, 6.07) is 4.69. The summed E-state index contributed by atoms with van der Waals surface area (Å²) in [6.07, 6.45) is 3.97. The van der Waals surface area contributed by atoms with Crippen LogP contribution in [-0.2, 0) is 47.4 Å². The lowest BCUT2D eigenvalue weighted by Gasteiger charge is -2.36. The van der Waals surface area contributed by atoms with Crippen LogP contribution < -0.4 is 21.5 Å². The number of carboxylic acid groups (broad SMARTS) is 1. The number of nitrogens with two attached hydrogens (primary N) is 1. The molecule has 1 aromatic carbocycles. The van der Waals surface area contributed by atoms with Crippen LogP contribution in [0, 0.1) is 5.92 Å². The maximum absolute atomic E-state index is 14.2. The van der Waals surface area contributed by atoms with Crippen molar-refractivity contribution in [2.75, 3.05) is 11.4 Å². The summed E-state index contributed by atoms with van der Waals surface area (Å²) >= 11 is 0. The molecule has 0 bridgehead atoms. The van der Waals surface area contributed by atoms with Gasteiger partial charge in [0.2, 0.25) is 11.5 Å². The normalized spacial score (nSPS) is 18.0. The van der Waals surface area contributed by atoms with Gasteiger partial charge in [0, 0.05) is 17.7 Å². The molecule has 3 aliphatic heterocycles. The lowest BCUT2D eigenvalue weighted by atomic mass is 9.85. The van der Waals surface area contributed by atoms with Crippen molar-refractivity contribution in [1.29, 1.82) is 0 Å². The Morgan fingerprint density at radius 2 is 1.92 bits per heavy atom. The number of nitrogens with one attached hydrogen (secondary N) is 1. The lowest BCUT2D eigenvalue weighted by Crippen LogP contribution is -2.52. The number of ether oxygens (including phenoxy) is 2. The maximum atomic E-state index is 14.2. The van der Waals surface area contributed by atoms with E-state index in [0.29, 0.717) is 16.9 Å². The number of carbonyl (C=O) groups is 4. The number of carbonyl (C=O) groups excluding carboxylic acids is 3. The quantitative estimate of drug-likeness (QED) is 0.144. The predicted octanol–water partition coefficient (Wildman–Crippen LogP) is 3.67. The van der Waals surface area contributed by atoms with E-state index in [1.54, 1.807) is 31.4 Å². The Balaban J connectivity index is 0.00000486. The number of cyclic esters (lactones) is 1. The van der Waals surface area contributed by atoms with Gasteiger partial charge in [0.25, 0.3) is 5.56 Å². The van der Waals surface area contributed by atoms with Crippen LogP contribution in [0.25, 0.3) is 22.3 Å². The molecule has 6 rings (SSSR count). The summed E-state index contributed by atoms with van der Waals surface area (Å²) in [6.45, 7) is 7.78. The van der Waals surface area contributed by atoms with Crippen molar-refractivity contribution in [1.82, 2.24) is 14.9 Å². The van der Waals surface area contributed by atoms with E-state index in [9.17, 15) is 29.1 Å². The number of rotatable bonds is 12. The third-order valence-electron chi connectivity index (χ3n) is 9.55. The van der Waals surface area contributed by atoms with E-state index in [2.05, 4.69) is 22.1 Å². The number of benzene rings is 1. The zero-order valence-corrected chi connectivity index (χ0v) is 29.2. The first-order chi connectivity index (χ1) is 23.4. The minimum absolute atomic E-state index is 0. The minimum atomic E-state index is -2.04. The SMILES string of the molecule is CCCCCN1C=Nc2cccc3nc4c(c1c23)Cn1c-4cc2c(c1=O)COC(=O)[C@@]2(CC)OC(=O)C[C@H](NC(=O)[C@@H](N)C(C)C)C(=O)O.Cl. The number of amides is 1. The van der Waals surface area contributed by atoms with Crippen molar-refractivity contribution >= 4 is 64.8 Å². The first-order valence-electron chi connectivity index (χ1n) is 16.6. The van der Waals surface area contributed by atoms with Gasteiger partial charge in [-0.15, -0.1) is 12.4 Å². The van der Waals surface area contributed by atoms with Crippen LogP contribution in [0.2, 0.25) is 0 Å². The van der Waals surface area contributed by atoms with E-state index < -0.39 is 53.5 Å². The second-order valence-corrected chi connectivity index (χ2v) is 13.0. The lowest BCUT2D eigenvalue weighted by molar-refractivity contribution is -0.190. The highest BCUT2D eigenvalue weighted by Gasteiger charge is 2.51. The third-order valence-corrected chi connectivity index (χ3v) is 9.55. The van der Waals surface area contributed by atoms with E-state index >= 15 is 0 Å². The number of aromatic nitrogens is 2. The largest absolute Gasteiger partial charge is 0.480 e. The predicted molar refractivity (Wildman–Crippen MR) is 188 cm³/mol. The van der Waals surface area contributed by atoms with Gasteiger partial charge in [-0.05, 0) is 37.0 Å². The Labute approximate surface area is 294 Å². The van der Waals surface area contributed by atoms with Crippen LogP contribution in [-0.4, -0.2) is 63.4 Å². The third kappa shape index (κ3) is 6.10. The molecule has 3 aromatic rings. The van der Waals surface area contributed by atoms with Crippen LogP contribution in [0.5, 0.6) is 0 Å². The second-order valence-electron chi connectivity index (χ2n) is 13.0. The molecular weight excluding hydrogens is 668 g/mol. The standard InChI is InChI=1S/C35H40N6O8.ClH/c1-5-7-8-12-40-17-37-22-10-9-11-23-27(22)30(40)19-15-41-25(29(19)38-23)13-21-20(32(41)44)16-48-34(47)35(21,6-2)49-26(42)14-24(33(45)46)39-31(43)28(36)18(3)4;/h9-11,13,17-18,24,28H,5-8,12,14-16,36H2,1-4H3,(H,39,43)(H,45,46);1H/t24-,28-,35-;/m0./s1. The molecule has 0 aliphatic carbocycles. The fourth-order valence-electron chi connectivity index (χ4n) is 6.73. The molecule has 2 aromatic heterocycles.